The molecule has 1 saturated heterocycles. The van der Waals surface area contributed by atoms with E-state index in [4.69, 9.17) is 5.73 Å². The second kappa shape index (κ2) is 8.35. The summed E-state index contributed by atoms with van der Waals surface area (Å²) in [5.74, 6) is -0.108. The SMILES string of the molecule is CCC(C#N)(CCCN1CCC(C(N)=O)CC1)NC(C)C. The molecule has 0 bridgehead atoms. The minimum absolute atomic E-state index is 0.0534. The third-order valence-electron chi connectivity index (χ3n) is 4.45. The van der Waals surface area contributed by atoms with Gasteiger partial charge in [-0.25, -0.2) is 0 Å². The predicted molar refractivity (Wildman–Crippen MR) is 84.5 cm³/mol. The fourth-order valence-electron chi connectivity index (χ4n) is 3.12. The van der Waals surface area contributed by atoms with E-state index >= 15 is 0 Å². The van der Waals surface area contributed by atoms with Crippen LogP contribution in [0, 0.1) is 17.2 Å². The number of carbonyl (C=O) groups is 1. The topological polar surface area (TPSA) is 82.2 Å². The van der Waals surface area contributed by atoms with Crippen LogP contribution in [0.3, 0.4) is 0 Å². The number of nitriles is 1. The minimum atomic E-state index is -0.403. The molecule has 0 spiro atoms. The fraction of sp³-hybridized carbons (Fsp3) is 0.875. The van der Waals surface area contributed by atoms with Crippen molar-refractivity contribution >= 4 is 5.91 Å². The number of nitrogens with one attached hydrogen (secondary N) is 1. The lowest BCUT2D eigenvalue weighted by Gasteiger charge is -2.33. The molecular weight excluding hydrogens is 264 g/mol. The number of rotatable bonds is 8. The molecule has 0 radical (unpaired) electrons. The van der Waals surface area contributed by atoms with Crippen LogP contribution in [0.4, 0.5) is 0 Å². The first-order chi connectivity index (χ1) is 9.92. The lowest BCUT2D eigenvalue weighted by atomic mass is 9.90. The van der Waals surface area contributed by atoms with E-state index in [-0.39, 0.29) is 11.8 Å². The Balaban J connectivity index is 2.35. The van der Waals surface area contributed by atoms with Crippen LogP contribution in [0.5, 0.6) is 0 Å². The number of carbonyl (C=O) groups excluding carboxylic acids is 1. The fourth-order valence-corrected chi connectivity index (χ4v) is 3.12. The van der Waals surface area contributed by atoms with Crippen LogP contribution in [0.15, 0.2) is 0 Å². The predicted octanol–water partition coefficient (Wildman–Crippen LogP) is 1.63. The van der Waals surface area contributed by atoms with Crippen molar-refractivity contribution < 1.29 is 4.79 Å². The highest BCUT2D eigenvalue weighted by Gasteiger charge is 2.28. The molecule has 120 valence electrons. The maximum absolute atomic E-state index is 11.1. The van der Waals surface area contributed by atoms with E-state index in [0.717, 1.165) is 51.7 Å². The van der Waals surface area contributed by atoms with Gasteiger partial charge in [-0.1, -0.05) is 6.92 Å². The van der Waals surface area contributed by atoms with Crippen molar-refractivity contribution in [2.24, 2.45) is 11.7 Å². The normalized spacial score (nSPS) is 20.1. The number of amides is 1. The van der Waals surface area contributed by atoms with Gasteiger partial charge in [0, 0.05) is 12.0 Å². The smallest absolute Gasteiger partial charge is 0.220 e. The molecule has 1 amide bonds. The third-order valence-corrected chi connectivity index (χ3v) is 4.45. The second-order valence-electron chi connectivity index (χ2n) is 6.47. The molecule has 1 aliphatic rings. The quantitative estimate of drug-likeness (QED) is 0.713. The van der Waals surface area contributed by atoms with Gasteiger partial charge in [-0.05, 0) is 65.6 Å². The zero-order valence-electron chi connectivity index (χ0n) is 13.7. The summed E-state index contributed by atoms with van der Waals surface area (Å²) in [6, 6.07) is 2.78. The molecule has 1 aliphatic heterocycles. The van der Waals surface area contributed by atoms with Crippen LogP contribution in [-0.4, -0.2) is 42.0 Å². The molecule has 3 N–H and O–H groups in total. The monoisotopic (exact) mass is 294 g/mol. The van der Waals surface area contributed by atoms with Gasteiger partial charge in [0.2, 0.25) is 5.91 Å². The van der Waals surface area contributed by atoms with Crippen molar-refractivity contribution in [2.75, 3.05) is 19.6 Å². The molecule has 0 aromatic heterocycles. The second-order valence-corrected chi connectivity index (χ2v) is 6.47. The summed E-state index contributed by atoms with van der Waals surface area (Å²) in [7, 11) is 0. The summed E-state index contributed by atoms with van der Waals surface area (Å²) >= 11 is 0. The Morgan fingerprint density at radius 3 is 2.52 bits per heavy atom. The largest absolute Gasteiger partial charge is 0.369 e. The Hall–Kier alpha value is -1.12. The maximum Gasteiger partial charge on any atom is 0.220 e. The van der Waals surface area contributed by atoms with E-state index in [1.54, 1.807) is 0 Å². The van der Waals surface area contributed by atoms with Gasteiger partial charge in [-0.15, -0.1) is 0 Å². The molecule has 1 heterocycles. The molecule has 0 aromatic rings. The highest BCUT2D eigenvalue weighted by molar-refractivity contribution is 5.76. The van der Waals surface area contributed by atoms with Crippen molar-refractivity contribution in [3.63, 3.8) is 0 Å². The summed E-state index contributed by atoms with van der Waals surface area (Å²) in [5, 5.41) is 12.9. The van der Waals surface area contributed by atoms with Gasteiger partial charge >= 0.3 is 0 Å². The van der Waals surface area contributed by atoms with Crippen LogP contribution in [0.25, 0.3) is 0 Å². The highest BCUT2D eigenvalue weighted by Crippen LogP contribution is 2.20. The lowest BCUT2D eigenvalue weighted by molar-refractivity contribution is -0.123. The molecule has 1 atom stereocenters. The van der Waals surface area contributed by atoms with Crippen LogP contribution >= 0.6 is 0 Å². The van der Waals surface area contributed by atoms with E-state index in [2.05, 4.69) is 37.1 Å². The van der Waals surface area contributed by atoms with Crippen LogP contribution in [0.1, 0.15) is 52.9 Å². The van der Waals surface area contributed by atoms with Crippen molar-refractivity contribution in [3.05, 3.63) is 0 Å². The zero-order valence-corrected chi connectivity index (χ0v) is 13.7. The molecule has 5 heteroatoms. The number of hydrogen-bond donors (Lipinski definition) is 2. The molecule has 5 nitrogen and oxygen atoms in total. The average Bonchev–Trinajstić information content (AvgIpc) is 2.46. The number of piperidine rings is 1. The van der Waals surface area contributed by atoms with Crippen molar-refractivity contribution in [1.29, 1.82) is 5.26 Å². The van der Waals surface area contributed by atoms with E-state index in [1.165, 1.54) is 0 Å². The highest BCUT2D eigenvalue weighted by atomic mass is 16.1. The van der Waals surface area contributed by atoms with E-state index < -0.39 is 5.54 Å². The van der Waals surface area contributed by atoms with E-state index in [0.29, 0.717) is 6.04 Å². The number of likely N-dealkylation sites (tertiary alicyclic amines) is 1. The van der Waals surface area contributed by atoms with Gasteiger partial charge in [-0.3, -0.25) is 10.1 Å². The third kappa shape index (κ3) is 5.64. The first-order valence-electron chi connectivity index (χ1n) is 8.13. The number of hydrogen-bond acceptors (Lipinski definition) is 4. The zero-order chi connectivity index (χ0) is 15.9. The molecule has 1 unspecified atom stereocenters. The van der Waals surface area contributed by atoms with Gasteiger partial charge in [0.1, 0.15) is 5.54 Å². The summed E-state index contributed by atoms with van der Waals surface area (Å²) in [5.41, 5.74) is 4.95. The van der Waals surface area contributed by atoms with Crippen LogP contribution in [0.2, 0.25) is 0 Å². The van der Waals surface area contributed by atoms with Crippen molar-refractivity contribution in [1.82, 2.24) is 10.2 Å². The van der Waals surface area contributed by atoms with Gasteiger partial charge in [-0.2, -0.15) is 5.26 Å². The minimum Gasteiger partial charge on any atom is -0.369 e. The summed E-state index contributed by atoms with van der Waals surface area (Å²) in [6.07, 6.45) is 4.44. The number of nitrogens with zero attached hydrogens (tertiary/aromatic N) is 2. The van der Waals surface area contributed by atoms with E-state index in [1.807, 2.05) is 0 Å². The van der Waals surface area contributed by atoms with Gasteiger partial charge in [0.15, 0.2) is 0 Å². The Bertz CT molecular complexity index is 369. The van der Waals surface area contributed by atoms with Crippen LogP contribution < -0.4 is 11.1 Å². The van der Waals surface area contributed by atoms with E-state index in [9.17, 15) is 10.1 Å². The first kappa shape index (κ1) is 17.9. The van der Waals surface area contributed by atoms with Crippen molar-refractivity contribution in [3.8, 4) is 6.07 Å². The van der Waals surface area contributed by atoms with Gasteiger partial charge < -0.3 is 10.6 Å². The Kier molecular flexibility index (Phi) is 7.13. The first-order valence-corrected chi connectivity index (χ1v) is 8.13. The van der Waals surface area contributed by atoms with Crippen molar-refractivity contribution in [2.45, 2.75) is 64.5 Å². The Labute approximate surface area is 128 Å². The summed E-state index contributed by atoms with van der Waals surface area (Å²) in [4.78, 5) is 13.5. The molecule has 1 fully saturated rings. The molecule has 0 aromatic carbocycles. The molecule has 0 saturated carbocycles. The molecule has 0 aliphatic carbocycles. The molecule has 1 rings (SSSR count). The van der Waals surface area contributed by atoms with Gasteiger partial charge in [0.25, 0.3) is 0 Å². The van der Waals surface area contributed by atoms with Gasteiger partial charge in [0.05, 0.1) is 6.07 Å². The summed E-state index contributed by atoms with van der Waals surface area (Å²) < 4.78 is 0. The molecular formula is C16H30N4O. The standard InChI is InChI=1S/C16H30N4O/c1-4-16(12-17,19-13(2)3)8-5-9-20-10-6-14(7-11-20)15(18)21/h13-14,19H,4-11H2,1-3H3,(H2,18,21). The molecule has 21 heavy (non-hydrogen) atoms. The maximum atomic E-state index is 11.1. The average molecular weight is 294 g/mol. The number of nitrogens with two attached hydrogens (primary N) is 1. The Morgan fingerprint density at radius 1 is 1.48 bits per heavy atom. The lowest BCUT2D eigenvalue weighted by Crippen LogP contribution is -2.47. The van der Waals surface area contributed by atoms with Crippen LogP contribution in [-0.2, 0) is 4.79 Å². The summed E-state index contributed by atoms with van der Waals surface area (Å²) in [6.45, 7) is 9.10. The number of primary amides is 1. The Morgan fingerprint density at radius 2 is 2.10 bits per heavy atom.